The number of ether oxygens (including phenoxy) is 1. The van der Waals surface area contributed by atoms with Gasteiger partial charge >= 0.3 is 6.61 Å². The second-order valence-electron chi connectivity index (χ2n) is 6.71. The van der Waals surface area contributed by atoms with Gasteiger partial charge in [-0.3, -0.25) is 9.59 Å². The zero-order valence-corrected chi connectivity index (χ0v) is 15.8. The zero-order valence-electron chi connectivity index (χ0n) is 15.8. The summed E-state index contributed by atoms with van der Waals surface area (Å²) in [5, 5.41) is 2.66. The van der Waals surface area contributed by atoms with Crippen LogP contribution in [-0.2, 0) is 9.59 Å². The lowest BCUT2D eigenvalue weighted by molar-refractivity contribution is -0.130. The van der Waals surface area contributed by atoms with Gasteiger partial charge in [-0.05, 0) is 36.6 Å². The number of piperidine rings is 1. The second-order valence-corrected chi connectivity index (χ2v) is 6.71. The maximum Gasteiger partial charge on any atom is 0.387 e. The molecule has 1 saturated heterocycles. The average Bonchev–Trinajstić information content (AvgIpc) is 2.74. The number of amides is 2. The molecule has 0 bridgehead atoms. The Kier molecular flexibility index (Phi) is 6.94. The van der Waals surface area contributed by atoms with Gasteiger partial charge in [-0.1, -0.05) is 42.5 Å². The van der Waals surface area contributed by atoms with Crippen LogP contribution < -0.4 is 10.1 Å². The lowest BCUT2D eigenvalue weighted by atomic mass is 9.95. The molecule has 1 heterocycles. The minimum Gasteiger partial charge on any atom is -0.433 e. The molecule has 2 aromatic carbocycles. The molecule has 1 fully saturated rings. The highest BCUT2D eigenvalue weighted by atomic mass is 19.3. The number of nitrogens with zero attached hydrogens (tertiary/aromatic N) is 1. The standard InChI is InChI=1S/C22H22F2N2O3/c23-22(24)29-19-9-5-4-8-18(19)25-21(28)17-12-14-26(15-13-17)20(27)11-10-16-6-2-1-3-7-16/h1-11,17,22H,12-15H2,(H,25,28)/b11-10+. The maximum absolute atomic E-state index is 12.5. The number of rotatable bonds is 6. The summed E-state index contributed by atoms with van der Waals surface area (Å²) in [5.41, 5.74) is 1.15. The van der Waals surface area contributed by atoms with Crippen LogP contribution in [0, 0.1) is 5.92 Å². The first kappa shape index (κ1) is 20.5. The van der Waals surface area contributed by atoms with Gasteiger partial charge in [-0.2, -0.15) is 8.78 Å². The van der Waals surface area contributed by atoms with Crippen LogP contribution in [0.4, 0.5) is 14.5 Å². The van der Waals surface area contributed by atoms with Gasteiger partial charge in [0.05, 0.1) is 5.69 Å². The Hall–Kier alpha value is -3.22. The monoisotopic (exact) mass is 400 g/mol. The van der Waals surface area contributed by atoms with Crippen molar-refractivity contribution in [3.05, 3.63) is 66.2 Å². The number of benzene rings is 2. The van der Waals surface area contributed by atoms with Crippen LogP contribution in [0.2, 0.25) is 0 Å². The molecule has 5 nitrogen and oxygen atoms in total. The highest BCUT2D eigenvalue weighted by Gasteiger charge is 2.27. The minimum atomic E-state index is -2.97. The number of alkyl halides is 2. The van der Waals surface area contributed by atoms with E-state index in [0.717, 1.165) is 5.56 Å². The van der Waals surface area contributed by atoms with Gasteiger partial charge in [-0.25, -0.2) is 0 Å². The fraction of sp³-hybridized carbons (Fsp3) is 0.273. The molecule has 0 aromatic heterocycles. The third-order valence-electron chi connectivity index (χ3n) is 4.76. The summed E-state index contributed by atoms with van der Waals surface area (Å²) < 4.78 is 29.4. The van der Waals surface area contributed by atoms with Gasteiger partial charge < -0.3 is 15.0 Å². The Morgan fingerprint density at radius 3 is 2.38 bits per heavy atom. The van der Waals surface area contributed by atoms with Crippen molar-refractivity contribution >= 4 is 23.6 Å². The Morgan fingerprint density at radius 2 is 1.69 bits per heavy atom. The summed E-state index contributed by atoms with van der Waals surface area (Å²) in [6.07, 6.45) is 4.32. The van der Waals surface area contributed by atoms with Crippen LogP contribution in [0.1, 0.15) is 18.4 Å². The molecule has 1 N–H and O–H groups in total. The summed E-state index contributed by atoms with van der Waals surface area (Å²) >= 11 is 0. The molecule has 7 heteroatoms. The number of para-hydroxylation sites is 2. The average molecular weight is 400 g/mol. The van der Waals surface area contributed by atoms with Crippen molar-refractivity contribution in [2.45, 2.75) is 19.5 Å². The van der Waals surface area contributed by atoms with Gasteiger partial charge in [0.15, 0.2) is 0 Å². The molecule has 1 aliphatic rings. The normalized spacial score (nSPS) is 14.9. The van der Waals surface area contributed by atoms with Crippen LogP contribution >= 0.6 is 0 Å². The first-order valence-corrected chi connectivity index (χ1v) is 9.39. The second kappa shape index (κ2) is 9.82. The number of anilines is 1. The first-order valence-electron chi connectivity index (χ1n) is 9.39. The van der Waals surface area contributed by atoms with E-state index in [9.17, 15) is 18.4 Å². The van der Waals surface area contributed by atoms with E-state index in [1.807, 2.05) is 30.3 Å². The molecule has 1 aliphatic heterocycles. The Morgan fingerprint density at radius 1 is 1.03 bits per heavy atom. The van der Waals surface area contributed by atoms with Crippen molar-refractivity contribution in [2.24, 2.45) is 5.92 Å². The van der Waals surface area contributed by atoms with Crippen LogP contribution in [0.25, 0.3) is 6.08 Å². The molecule has 152 valence electrons. The molecular weight excluding hydrogens is 378 g/mol. The summed E-state index contributed by atoms with van der Waals surface area (Å²) in [7, 11) is 0. The smallest absolute Gasteiger partial charge is 0.387 e. The maximum atomic E-state index is 12.5. The van der Waals surface area contributed by atoms with E-state index in [4.69, 9.17) is 0 Å². The topological polar surface area (TPSA) is 58.6 Å². The third-order valence-corrected chi connectivity index (χ3v) is 4.76. The van der Waals surface area contributed by atoms with Crippen molar-refractivity contribution in [1.29, 1.82) is 0 Å². The number of hydrogen-bond donors (Lipinski definition) is 1. The van der Waals surface area contributed by atoms with Crippen LogP contribution in [0.3, 0.4) is 0 Å². The molecule has 0 aliphatic carbocycles. The highest BCUT2D eigenvalue weighted by Crippen LogP contribution is 2.27. The summed E-state index contributed by atoms with van der Waals surface area (Å²) in [5.74, 6) is -0.725. The van der Waals surface area contributed by atoms with E-state index < -0.39 is 6.61 Å². The van der Waals surface area contributed by atoms with Gasteiger partial charge in [0.25, 0.3) is 0 Å². The van der Waals surface area contributed by atoms with Gasteiger partial charge in [0, 0.05) is 25.1 Å². The summed E-state index contributed by atoms with van der Waals surface area (Å²) in [6, 6.07) is 15.6. The lowest BCUT2D eigenvalue weighted by Crippen LogP contribution is -2.40. The zero-order chi connectivity index (χ0) is 20.6. The van der Waals surface area contributed by atoms with Gasteiger partial charge in [0.2, 0.25) is 11.8 Å². The molecule has 0 spiro atoms. The molecule has 0 atom stereocenters. The number of carbonyl (C=O) groups is 2. The lowest BCUT2D eigenvalue weighted by Gasteiger charge is -2.30. The van der Waals surface area contributed by atoms with E-state index in [1.165, 1.54) is 18.2 Å². The number of carbonyl (C=O) groups excluding carboxylic acids is 2. The van der Waals surface area contributed by atoms with Gasteiger partial charge in [0.1, 0.15) is 5.75 Å². The number of nitrogens with one attached hydrogen (secondary N) is 1. The Bertz CT molecular complexity index is 863. The highest BCUT2D eigenvalue weighted by molar-refractivity contribution is 5.95. The molecular formula is C22H22F2N2O3. The van der Waals surface area contributed by atoms with Crippen molar-refractivity contribution in [3.63, 3.8) is 0 Å². The van der Waals surface area contributed by atoms with E-state index in [0.29, 0.717) is 25.9 Å². The first-order chi connectivity index (χ1) is 14.0. The fourth-order valence-corrected chi connectivity index (χ4v) is 3.20. The van der Waals surface area contributed by atoms with Crippen molar-refractivity contribution < 1.29 is 23.1 Å². The van der Waals surface area contributed by atoms with E-state index in [2.05, 4.69) is 10.1 Å². The summed E-state index contributed by atoms with van der Waals surface area (Å²) in [4.78, 5) is 26.6. The van der Waals surface area contributed by atoms with Crippen molar-refractivity contribution in [2.75, 3.05) is 18.4 Å². The molecule has 0 saturated carbocycles. The van der Waals surface area contributed by atoms with E-state index >= 15 is 0 Å². The van der Waals surface area contributed by atoms with E-state index in [1.54, 1.807) is 23.1 Å². The SMILES string of the molecule is O=C(Nc1ccccc1OC(F)F)C1CCN(C(=O)/C=C/c2ccccc2)CC1. The quantitative estimate of drug-likeness (QED) is 0.740. The molecule has 3 rings (SSSR count). The minimum absolute atomic E-state index is 0.0745. The number of likely N-dealkylation sites (tertiary alicyclic amines) is 1. The third kappa shape index (κ3) is 5.88. The summed E-state index contributed by atoms with van der Waals surface area (Å²) in [6.45, 7) is -2.04. The van der Waals surface area contributed by atoms with Crippen molar-refractivity contribution in [3.8, 4) is 5.75 Å². The number of halogens is 2. The van der Waals surface area contributed by atoms with Crippen LogP contribution in [-0.4, -0.2) is 36.4 Å². The fourth-order valence-electron chi connectivity index (χ4n) is 3.20. The van der Waals surface area contributed by atoms with Crippen molar-refractivity contribution in [1.82, 2.24) is 4.90 Å². The van der Waals surface area contributed by atoms with Gasteiger partial charge in [-0.15, -0.1) is 0 Å². The van der Waals surface area contributed by atoms with Crippen LogP contribution in [0.15, 0.2) is 60.7 Å². The molecule has 2 amide bonds. The molecule has 29 heavy (non-hydrogen) atoms. The van der Waals surface area contributed by atoms with Crippen LogP contribution in [0.5, 0.6) is 5.75 Å². The predicted octanol–water partition coefficient (Wildman–Crippen LogP) is 4.18. The Labute approximate surface area is 168 Å². The molecule has 0 radical (unpaired) electrons. The molecule has 0 unspecified atom stereocenters. The van der Waals surface area contributed by atoms with E-state index in [-0.39, 0.29) is 29.2 Å². The Balaban J connectivity index is 1.52. The predicted molar refractivity (Wildman–Crippen MR) is 106 cm³/mol. The number of hydrogen-bond acceptors (Lipinski definition) is 3. The molecule has 2 aromatic rings. The largest absolute Gasteiger partial charge is 0.433 e.